The first-order valence-electron chi connectivity index (χ1n) is 23.4. The average Bonchev–Trinajstić information content (AvgIpc) is 4.07. The molecule has 0 fully saturated rings. The summed E-state index contributed by atoms with van der Waals surface area (Å²) >= 11 is 0. The van der Waals surface area contributed by atoms with Gasteiger partial charge < -0.3 is 9.13 Å². The second kappa shape index (κ2) is 15.6. The zero-order chi connectivity index (χ0) is 45.4. The van der Waals surface area contributed by atoms with Crippen LogP contribution in [0.2, 0.25) is 0 Å². The van der Waals surface area contributed by atoms with Gasteiger partial charge in [-0.1, -0.05) is 200 Å². The summed E-state index contributed by atoms with van der Waals surface area (Å²) in [6.07, 6.45) is 0. The van der Waals surface area contributed by atoms with Crippen molar-refractivity contribution >= 4 is 65.4 Å². The molecule has 0 amide bonds. The van der Waals surface area contributed by atoms with Crippen LogP contribution in [0, 0.1) is 0 Å². The van der Waals surface area contributed by atoms with Gasteiger partial charge in [-0.25, -0.2) is 4.98 Å². The predicted octanol–water partition coefficient (Wildman–Crippen LogP) is 15.8. The van der Waals surface area contributed by atoms with Crippen molar-refractivity contribution in [2.75, 3.05) is 0 Å². The molecule has 0 atom stereocenters. The van der Waals surface area contributed by atoms with Gasteiger partial charge in [0.25, 0.3) is 0 Å². The third kappa shape index (κ3) is 6.09. The minimum Gasteiger partial charge on any atom is -0.309 e. The van der Waals surface area contributed by atoms with Crippen molar-refractivity contribution in [3.05, 3.63) is 243 Å². The van der Waals surface area contributed by atoms with Crippen molar-refractivity contribution in [1.29, 1.82) is 0 Å². The van der Waals surface area contributed by atoms with E-state index in [4.69, 9.17) is 15.0 Å². The molecule has 69 heavy (non-hydrogen) atoms. The lowest BCUT2D eigenvalue weighted by Crippen LogP contribution is -2.07. The maximum Gasteiger partial charge on any atom is 0.238 e. The molecule has 0 aliphatic heterocycles. The molecule has 10 aromatic carbocycles. The quantitative estimate of drug-likeness (QED) is 0.160. The third-order valence-corrected chi connectivity index (χ3v) is 13.7. The minimum atomic E-state index is 0.542. The number of benzene rings is 10. The van der Waals surface area contributed by atoms with Gasteiger partial charge >= 0.3 is 0 Å². The van der Waals surface area contributed by atoms with E-state index in [1.165, 1.54) is 27.3 Å². The molecule has 0 N–H and O–H groups in total. The lowest BCUT2D eigenvalue weighted by Gasteiger charge is -2.18. The highest BCUT2D eigenvalue weighted by atomic mass is 15.2. The van der Waals surface area contributed by atoms with Crippen LogP contribution in [0.3, 0.4) is 0 Å². The molecule has 0 aliphatic carbocycles. The number of hydrogen-bond acceptors (Lipinski definition) is 3. The highest BCUT2D eigenvalue weighted by molar-refractivity contribution is 6.24. The van der Waals surface area contributed by atoms with Crippen LogP contribution in [0.1, 0.15) is 0 Å². The molecular weight excluding hydrogens is 841 g/mol. The van der Waals surface area contributed by atoms with E-state index in [1.807, 2.05) is 18.2 Å². The number of hydrogen-bond donors (Lipinski definition) is 0. The fourth-order valence-corrected chi connectivity index (χ4v) is 10.7. The normalized spacial score (nSPS) is 11.8. The minimum absolute atomic E-state index is 0.542. The summed E-state index contributed by atoms with van der Waals surface area (Å²) in [4.78, 5) is 16.3. The molecule has 14 rings (SSSR count). The largest absolute Gasteiger partial charge is 0.309 e. The maximum atomic E-state index is 5.53. The molecule has 4 heterocycles. The molecule has 0 radical (unpaired) electrons. The van der Waals surface area contributed by atoms with E-state index in [0.29, 0.717) is 17.6 Å². The van der Waals surface area contributed by atoms with E-state index in [9.17, 15) is 0 Å². The summed E-state index contributed by atoms with van der Waals surface area (Å²) < 4.78 is 7.09. The van der Waals surface area contributed by atoms with Crippen LogP contribution in [0.4, 0.5) is 0 Å². The van der Waals surface area contributed by atoms with E-state index >= 15 is 0 Å². The van der Waals surface area contributed by atoms with E-state index in [1.54, 1.807) is 0 Å². The van der Waals surface area contributed by atoms with E-state index in [0.717, 1.165) is 82.9 Å². The smallest absolute Gasteiger partial charge is 0.238 e. The van der Waals surface area contributed by atoms with Crippen LogP contribution < -0.4 is 0 Å². The molecule has 0 spiro atoms. The second-order valence-electron chi connectivity index (χ2n) is 17.6. The van der Waals surface area contributed by atoms with Crippen molar-refractivity contribution in [1.82, 2.24) is 28.7 Å². The van der Waals surface area contributed by atoms with Crippen LogP contribution in [0.5, 0.6) is 0 Å². The molecule has 322 valence electrons. The molecule has 0 saturated heterocycles. The zero-order valence-corrected chi connectivity index (χ0v) is 37.3. The van der Waals surface area contributed by atoms with Gasteiger partial charge in [0.2, 0.25) is 5.95 Å². The van der Waals surface area contributed by atoms with Crippen molar-refractivity contribution in [2.45, 2.75) is 0 Å². The topological polar surface area (TPSA) is 53.5 Å². The van der Waals surface area contributed by atoms with Crippen molar-refractivity contribution in [3.8, 4) is 62.4 Å². The number of para-hydroxylation sites is 5. The molecule has 6 heteroatoms. The van der Waals surface area contributed by atoms with Gasteiger partial charge in [0.1, 0.15) is 0 Å². The van der Waals surface area contributed by atoms with Crippen LogP contribution in [-0.2, 0) is 0 Å². The third-order valence-electron chi connectivity index (χ3n) is 13.7. The van der Waals surface area contributed by atoms with Gasteiger partial charge in [-0.3, -0.25) is 4.57 Å². The standard InChI is InChI=1S/C63H40N6/c1-4-20-41(21-5-1)45-26-10-11-27-46(45)47-28-12-17-33-55(47)68-56-34-18-14-30-49(56)52-38-39-53-50-31-15-19-35-57(50)69(60(53)59(52)68)63-65-61(42-22-6-2-7-23-42)64-62(66-63)43-36-37-51-48-29-13-16-32-54(48)67(58(51)40-43)44-24-8-3-9-25-44/h1-40H. The molecule has 14 aromatic rings. The Morgan fingerprint density at radius 2 is 0.710 bits per heavy atom. The number of rotatable bonds is 7. The first-order valence-corrected chi connectivity index (χ1v) is 23.4. The summed E-state index contributed by atoms with van der Waals surface area (Å²) in [5, 5.41) is 6.90. The molecule has 0 aliphatic rings. The first-order chi connectivity index (χ1) is 34.3. The van der Waals surface area contributed by atoms with Crippen molar-refractivity contribution in [2.24, 2.45) is 0 Å². The highest BCUT2D eigenvalue weighted by Crippen LogP contribution is 2.44. The highest BCUT2D eigenvalue weighted by Gasteiger charge is 2.25. The Labute approximate surface area is 397 Å². The van der Waals surface area contributed by atoms with Gasteiger partial charge in [-0.15, -0.1) is 0 Å². The molecule has 4 aromatic heterocycles. The molecule has 0 bridgehead atoms. The van der Waals surface area contributed by atoms with Gasteiger partial charge in [-0.05, 0) is 59.2 Å². The lowest BCUT2D eigenvalue weighted by molar-refractivity contribution is 0.953. The van der Waals surface area contributed by atoms with Crippen LogP contribution in [0.15, 0.2) is 243 Å². The maximum absolute atomic E-state index is 5.53. The van der Waals surface area contributed by atoms with Gasteiger partial charge in [-0.2, -0.15) is 9.97 Å². The lowest BCUT2D eigenvalue weighted by atomic mass is 9.93. The van der Waals surface area contributed by atoms with Gasteiger partial charge in [0.15, 0.2) is 11.6 Å². The number of fused-ring (bicyclic) bond motifs is 10. The van der Waals surface area contributed by atoms with E-state index in [2.05, 4.69) is 238 Å². The summed E-state index contributed by atoms with van der Waals surface area (Å²) in [5.41, 5.74) is 15.1. The molecular formula is C63H40N6. The molecule has 6 nitrogen and oxygen atoms in total. The fraction of sp³-hybridized carbons (Fsp3) is 0. The number of nitrogens with zero attached hydrogens (tertiary/aromatic N) is 6. The summed E-state index contributed by atoms with van der Waals surface area (Å²) in [6, 6.07) is 86.3. The monoisotopic (exact) mass is 880 g/mol. The average molecular weight is 881 g/mol. The Bertz CT molecular complexity index is 4300. The van der Waals surface area contributed by atoms with Crippen LogP contribution >= 0.6 is 0 Å². The Hall–Kier alpha value is -9.39. The number of aromatic nitrogens is 6. The van der Waals surface area contributed by atoms with E-state index in [-0.39, 0.29) is 0 Å². The Kier molecular flexibility index (Phi) is 8.79. The van der Waals surface area contributed by atoms with Crippen molar-refractivity contribution < 1.29 is 0 Å². The molecule has 0 saturated carbocycles. The summed E-state index contributed by atoms with van der Waals surface area (Å²) in [7, 11) is 0. The zero-order valence-electron chi connectivity index (χ0n) is 37.3. The molecule has 0 unspecified atom stereocenters. The summed E-state index contributed by atoms with van der Waals surface area (Å²) in [5.74, 6) is 1.73. The Morgan fingerprint density at radius 1 is 0.261 bits per heavy atom. The SMILES string of the molecule is c1ccc(-c2nc(-c3ccc4c5ccccc5n(-c5ccccc5)c4c3)nc(-n3c4ccccc4c4ccc5c6ccccc6n(-c6ccccc6-c6ccccc6-c6ccccc6)c5c43)n2)cc1. The first kappa shape index (κ1) is 38.8. The predicted molar refractivity (Wildman–Crippen MR) is 285 cm³/mol. The second-order valence-corrected chi connectivity index (χ2v) is 17.6. The Morgan fingerprint density at radius 3 is 1.38 bits per heavy atom. The van der Waals surface area contributed by atoms with Crippen LogP contribution in [-0.4, -0.2) is 28.7 Å². The summed E-state index contributed by atoms with van der Waals surface area (Å²) in [6.45, 7) is 0. The fourth-order valence-electron chi connectivity index (χ4n) is 10.7. The Balaban J connectivity index is 1.08. The van der Waals surface area contributed by atoms with E-state index < -0.39 is 0 Å². The van der Waals surface area contributed by atoms with Gasteiger partial charge in [0.05, 0.1) is 38.8 Å². The van der Waals surface area contributed by atoms with Crippen LogP contribution in [0.25, 0.3) is 128 Å². The van der Waals surface area contributed by atoms with Crippen molar-refractivity contribution in [3.63, 3.8) is 0 Å². The van der Waals surface area contributed by atoms with Gasteiger partial charge in [0, 0.05) is 54.7 Å².